The second kappa shape index (κ2) is 5.83. The van der Waals surface area contributed by atoms with E-state index in [4.69, 9.17) is 0 Å². The molecule has 98 valence electrons. The molecule has 0 radical (unpaired) electrons. The lowest BCUT2D eigenvalue weighted by Crippen LogP contribution is -2.50. The van der Waals surface area contributed by atoms with Crippen LogP contribution in [0.2, 0.25) is 0 Å². The maximum Gasteiger partial charge on any atom is 0.239 e. The highest BCUT2D eigenvalue weighted by Gasteiger charge is 2.30. The average molecular weight is 239 g/mol. The van der Waals surface area contributed by atoms with E-state index in [1.807, 2.05) is 4.90 Å². The van der Waals surface area contributed by atoms with E-state index in [0.29, 0.717) is 11.9 Å². The van der Waals surface area contributed by atoms with Crippen LogP contribution in [0.5, 0.6) is 0 Å². The number of hydrogen-bond acceptors (Lipinski definition) is 3. The molecule has 2 atom stereocenters. The molecule has 2 saturated heterocycles. The van der Waals surface area contributed by atoms with E-state index in [9.17, 15) is 4.79 Å². The highest BCUT2D eigenvalue weighted by molar-refractivity contribution is 5.81. The van der Waals surface area contributed by atoms with Crippen LogP contribution in [-0.4, -0.2) is 61.0 Å². The summed E-state index contributed by atoms with van der Waals surface area (Å²) in [4.78, 5) is 16.7. The Labute approximate surface area is 104 Å². The number of likely N-dealkylation sites (tertiary alicyclic amines) is 1. The highest BCUT2D eigenvalue weighted by atomic mass is 16.2. The van der Waals surface area contributed by atoms with Crippen LogP contribution in [0.25, 0.3) is 0 Å². The Hall–Kier alpha value is -0.610. The lowest BCUT2D eigenvalue weighted by atomic mass is 10.1. The second-order valence-corrected chi connectivity index (χ2v) is 5.37. The first kappa shape index (κ1) is 12.8. The second-order valence-electron chi connectivity index (χ2n) is 5.37. The van der Waals surface area contributed by atoms with Gasteiger partial charge in [-0.1, -0.05) is 0 Å². The van der Waals surface area contributed by atoms with Crippen molar-refractivity contribution in [1.29, 1.82) is 0 Å². The topological polar surface area (TPSA) is 35.6 Å². The van der Waals surface area contributed by atoms with Crippen molar-refractivity contribution in [1.82, 2.24) is 15.1 Å². The minimum absolute atomic E-state index is 0.0259. The van der Waals surface area contributed by atoms with Crippen LogP contribution < -0.4 is 5.32 Å². The number of amides is 1. The van der Waals surface area contributed by atoms with Crippen molar-refractivity contribution in [3.8, 4) is 0 Å². The Morgan fingerprint density at radius 3 is 2.65 bits per heavy atom. The van der Waals surface area contributed by atoms with Gasteiger partial charge < -0.3 is 10.2 Å². The molecule has 4 nitrogen and oxygen atoms in total. The van der Waals surface area contributed by atoms with E-state index in [2.05, 4.69) is 24.2 Å². The lowest BCUT2D eigenvalue weighted by Gasteiger charge is -2.35. The van der Waals surface area contributed by atoms with E-state index in [1.54, 1.807) is 0 Å². The Morgan fingerprint density at radius 1 is 1.35 bits per heavy atom. The van der Waals surface area contributed by atoms with Crippen molar-refractivity contribution in [2.75, 3.05) is 33.2 Å². The minimum Gasteiger partial charge on any atom is -0.341 e. The van der Waals surface area contributed by atoms with Crippen molar-refractivity contribution in [3.63, 3.8) is 0 Å². The minimum atomic E-state index is 0.0259. The third-order valence-electron chi connectivity index (χ3n) is 4.25. The monoisotopic (exact) mass is 239 g/mol. The normalized spacial score (nSPS) is 27.5. The van der Waals surface area contributed by atoms with Crippen molar-refractivity contribution in [3.05, 3.63) is 0 Å². The van der Waals surface area contributed by atoms with Gasteiger partial charge in [-0.2, -0.15) is 0 Å². The summed E-state index contributed by atoms with van der Waals surface area (Å²) in [5.74, 6) is 0.319. The van der Waals surface area contributed by atoms with Crippen LogP contribution in [0.3, 0.4) is 0 Å². The number of nitrogens with zero attached hydrogens (tertiary/aromatic N) is 2. The number of carbonyl (C=O) groups is 1. The summed E-state index contributed by atoms with van der Waals surface area (Å²) >= 11 is 0. The first-order valence-electron chi connectivity index (χ1n) is 6.91. The Bertz CT molecular complexity index is 257. The van der Waals surface area contributed by atoms with Gasteiger partial charge in [0.1, 0.15) is 0 Å². The number of carbonyl (C=O) groups excluding carboxylic acids is 1. The maximum absolute atomic E-state index is 12.4. The first-order valence-corrected chi connectivity index (χ1v) is 6.91. The van der Waals surface area contributed by atoms with Crippen LogP contribution in [0, 0.1) is 0 Å². The van der Waals surface area contributed by atoms with Gasteiger partial charge in [-0.25, -0.2) is 0 Å². The smallest absolute Gasteiger partial charge is 0.239 e. The molecule has 2 heterocycles. The van der Waals surface area contributed by atoms with Gasteiger partial charge in [0.25, 0.3) is 0 Å². The van der Waals surface area contributed by atoms with Gasteiger partial charge in [-0.05, 0) is 46.2 Å². The van der Waals surface area contributed by atoms with E-state index in [0.717, 1.165) is 32.6 Å². The number of piperidine rings is 1. The molecule has 1 N–H and O–H groups in total. The molecule has 0 spiro atoms. The molecule has 2 unspecified atom stereocenters. The molecule has 2 aliphatic rings. The molecule has 0 bridgehead atoms. The molecule has 2 rings (SSSR count). The van der Waals surface area contributed by atoms with E-state index in [1.165, 1.54) is 19.3 Å². The average Bonchev–Trinajstić information content (AvgIpc) is 2.91. The maximum atomic E-state index is 12.4. The standard InChI is InChI=1S/C13H25N3O/c1-11(15(2)12-6-7-14-10-12)13(17)16-8-4-3-5-9-16/h11-12,14H,3-10H2,1-2H3. The highest BCUT2D eigenvalue weighted by Crippen LogP contribution is 2.15. The van der Waals surface area contributed by atoms with Crippen LogP contribution in [-0.2, 0) is 4.79 Å². The fraction of sp³-hybridized carbons (Fsp3) is 0.923. The van der Waals surface area contributed by atoms with E-state index in [-0.39, 0.29) is 6.04 Å². The molecular weight excluding hydrogens is 214 g/mol. The molecule has 0 saturated carbocycles. The van der Waals surface area contributed by atoms with Crippen LogP contribution in [0.15, 0.2) is 0 Å². The van der Waals surface area contributed by atoms with Crippen LogP contribution in [0.4, 0.5) is 0 Å². The van der Waals surface area contributed by atoms with Gasteiger partial charge in [-0.15, -0.1) is 0 Å². The summed E-state index contributed by atoms with van der Waals surface area (Å²) in [7, 11) is 2.09. The van der Waals surface area contributed by atoms with Crippen LogP contribution >= 0.6 is 0 Å². The molecule has 0 aromatic heterocycles. The summed E-state index contributed by atoms with van der Waals surface area (Å²) in [5.41, 5.74) is 0. The summed E-state index contributed by atoms with van der Waals surface area (Å²) in [6, 6.07) is 0.553. The van der Waals surface area contributed by atoms with Crippen molar-refractivity contribution in [2.24, 2.45) is 0 Å². The van der Waals surface area contributed by atoms with Crippen molar-refractivity contribution in [2.45, 2.75) is 44.7 Å². The first-order chi connectivity index (χ1) is 8.20. The molecule has 0 aromatic carbocycles. The number of nitrogens with one attached hydrogen (secondary N) is 1. The molecule has 17 heavy (non-hydrogen) atoms. The van der Waals surface area contributed by atoms with Crippen molar-refractivity contribution < 1.29 is 4.79 Å². The largest absolute Gasteiger partial charge is 0.341 e. The van der Waals surface area contributed by atoms with Gasteiger partial charge in [0.2, 0.25) is 5.91 Å². The predicted molar refractivity (Wildman–Crippen MR) is 68.9 cm³/mol. The SMILES string of the molecule is CC(C(=O)N1CCCCC1)N(C)C1CCNC1. The summed E-state index contributed by atoms with van der Waals surface area (Å²) in [6.45, 7) is 6.07. The Morgan fingerprint density at radius 2 is 2.06 bits per heavy atom. The summed E-state index contributed by atoms with van der Waals surface area (Å²) in [5, 5.41) is 3.36. The third kappa shape index (κ3) is 2.99. The summed E-state index contributed by atoms with van der Waals surface area (Å²) < 4.78 is 0. The summed E-state index contributed by atoms with van der Waals surface area (Å²) in [6.07, 6.45) is 4.79. The van der Waals surface area contributed by atoms with E-state index < -0.39 is 0 Å². The number of likely N-dealkylation sites (N-methyl/N-ethyl adjacent to an activating group) is 1. The fourth-order valence-electron chi connectivity index (χ4n) is 2.86. The zero-order valence-electron chi connectivity index (χ0n) is 11.1. The molecule has 4 heteroatoms. The quantitative estimate of drug-likeness (QED) is 0.787. The van der Waals surface area contributed by atoms with Gasteiger partial charge in [0, 0.05) is 25.7 Å². The number of hydrogen-bond donors (Lipinski definition) is 1. The number of rotatable bonds is 3. The zero-order chi connectivity index (χ0) is 12.3. The molecular formula is C13H25N3O. The Kier molecular flexibility index (Phi) is 4.40. The molecule has 0 aromatic rings. The van der Waals surface area contributed by atoms with Gasteiger partial charge in [0.05, 0.1) is 6.04 Å². The van der Waals surface area contributed by atoms with E-state index >= 15 is 0 Å². The molecule has 1 amide bonds. The molecule has 2 aliphatic heterocycles. The van der Waals surface area contributed by atoms with Gasteiger partial charge in [-0.3, -0.25) is 9.69 Å². The lowest BCUT2D eigenvalue weighted by molar-refractivity contribution is -0.137. The fourth-order valence-corrected chi connectivity index (χ4v) is 2.86. The predicted octanol–water partition coefficient (Wildman–Crippen LogP) is 0.681. The van der Waals surface area contributed by atoms with Crippen molar-refractivity contribution >= 4 is 5.91 Å². The van der Waals surface area contributed by atoms with Crippen LogP contribution in [0.1, 0.15) is 32.6 Å². The third-order valence-corrected chi connectivity index (χ3v) is 4.25. The molecule has 0 aliphatic carbocycles. The van der Waals surface area contributed by atoms with Gasteiger partial charge >= 0.3 is 0 Å². The van der Waals surface area contributed by atoms with Gasteiger partial charge in [0.15, 0.2) is 0 Å². The Balaban J connectivity index is 1.88. The molecule has 2 fully saturated rings. The zero-order valence-corrected chi connectivity index (χ0v) is 11.1.